The maximum absolute atomic E-state index is 13.2. The van der Waals surface area contributed by atoms with Gasteiger partial charge in [-0.3, -0.25) is 4.79 Å². The summed E-state index contributed by atoms with van der Waals surface area (Å²) < 4.78 is 26.0. The molecule has 0 bridgehead atoms. The first-order valence-electron chi connectivity index (χ1n) is 8.84. The lowest BCUT2D eigenvalue weighted by atomic mass is 10.1. The van der Waals surface area contributed by atoms with E-state index in [2.05, 4.69) is 15.6 Å². The molecule has 1 N–H and O–H groups in total. The van der Waals surface area contributed by atoms with E-state index in [9.17, 15) is 9.18 Å². The number of fused-ring (bicyclic) bond motifs is 1. The molecule has 0 saturated heterocycles. The van der Waals surface area contributed by atoms with Gasteiger partial charge in [0.05, 0.1) is 26.0 Å². The maximum Gasteiger partial charge on any atom is 0.274 e. The Morgan fingerprint density at radius 2 is 2.14 bits per heavy atom. The predicted molar refractivity (Wildman–Crippen MR) is 98.1 cm³/mol. The van der Waals surface area contributed by atoms with Crippen molar-refractivity contribution in [2.45, 2.75) is 25.8 Å². The van der Waals surface area contributed by atoms with Crippen LogP contribution in [0.2, 0.25) is 0 Å². The zero-order valence-corrected chi connectivity index (χ0v) is 15.3. The van der Waals surface area contributed by atoms with Gasteiger partial charge >= 0.3 is 0 Å². The van der Waals surface area contributed by atoms with Gasteiger partial charge in [0, 0.05) is 6.54 Å². The molecule has 3 aromatic rings. The van der Waals surface area contributed by atoms with Gasteiger partial charge in [-0.05, 0) is 35.4 Å². The number of ether oxygens (including phenoxy) is 2. The van der Waals surface area contributed by atoms with Gasteiger partial charge in [0.1, 0.15) is 17.7 Å². The molecule has 0 aliphatic carbocycles. The second-order valence-corrected chi connectivity index (χ2v) is 6.45. The van der Waals surface area contributed by atoms with Crippen LogP contribution in [0.3, 0.4) is 0 Å². The highest BCUT2D eigenvalue weighted by Crippen LogP contribution is 2.28. The standard InChI is InChI=1S/C20H19FN4O3/c1-27-16-7-5-14(6-8-16)18-11-25-17(12-28-18)19(23-24-25)20(26)22-10-13-3-2-4-15(21)9-13/h2-9,18H,10-12H2,1H3,(H,22,26). The van der Waals surface area contributed by atoms with Crippen molar-refractivity contribution in [1.82, 2.24) is 20.3 Å². The van der Waals surface area contributed by atoms with Crippen molar-refractivity contribution in [3.05, 3.63) is 76.9 Å². The summed E-state index contributed by atoms with van der Waals surface area (Å²) in [6.07, 6.45) is -0.177. The number of hydrogen-bond acceptors (Lipinski definition) is 5. The molecular weight excluding hydrogens is 363 g/mol. The van der Waals surface area contributed by atoms with Gasteiger partial charge < -0.3 is 14.8 Å². The van der Waals surface area contributed by atoms with Crippen LogP contribution in [0.5, 0.6) is 5.75 Å². The number of rotatable bonds is 5. The molecule has 28 heavy (non-hydrogen) atoms. The molecule has 8 heteroatoms. The average molecular weight is 382 g/mol. The van der Waals surface area contributed by atoms with E-state index in [0.29, 0.717) is 17.8 Å². The van der Waals surface area contributed by atoms with E-state index in [1.165, 1.54) is 12.1 Å². The number of hydrogen-bond donors (Lipinski definition) is 1. The van der Waals surface area contributed by atoms with Crippen molar-refractivity contribution in [3.63, 3.8) is 0 Å². The molecule has 1 aliphatic rings. The zero-order valence-electron chi connectivity index (χ0n) is 15.3. The molecule has 1 atom stereocenters. The summed E-state index contributed by atoms with van der Waals surface area (Å²) in [7, 11) is 1.62. The number of methoxy groups -OCH3 is 1. The summed E-state index contributed by atoms with van der Waals surface area (Å²) in [6, 6.07) is 13.7. The van der Waals surface area contributed by atoms with Crippen LogP contribution < -0.4 is 10.1 Å². The Hall–Kier alpha value is -3.26. The molecule has 0 spiro atoms. The molecular formula is C20H19FN4O3. The van der Waals surface area contributed by atoms with Gasteiger partial charge in [0.15, 0.2) is 5.69 Å². The van der Waals surface area contributed by atoms with Crippen molar-refractivity contribution in [1.29, 1.82) is 0 Å². The summed E-state index contributed by atoms with van der Waals surface area (Å²) in [5.41, 5.74) is 2.52. The first kappa shape index (κ1) is 18.1. The summed E-state index contributed by atoms with van der Waals surface area (Å²) in [4.78, 5) is 12.5. The lowest BCUT2D eigenvalue weighted by molar-refractivity contribution is -0.00179. The highest BCUT2D eigenvalue weighted by Gasteiger charge is 2.27. The van der Waals surface area contributed by atoms with Crippen molar-refractivity contribution in [2.24, 2.45) is 0 Å². The van der Waals surface area contributed by atoms with Crippen LogP contribution in [0, 0.1) is 5.82 Å². The Labute approximate surface area is 161 Å². The lowest BCUT2D eigenvalue weighted by Crippen LogP contribution is -2.27. The number of nitrogens with one attached hydrogen (secondary N) is 1. The SMILES string of the molecule is COc1ccc(C2Cn3nnc(C(=O)NCc4cccc(F)c4)c3CO2)cc1. The zero-order chi connectivity index (χ0) is 19.5. The molecule has 2 aromatic carbocycles. The molecule has 1 unspecified atom stereocenters. The van der Waals surface area contributed by atoms with Gasteiger partial charge in [-0.15, -0.1) is 5.10 Å². The second kappa shape index (κ2) is 7.77. The number of benzene rings is 2. The molecule has 144 valence electrons. The second-order valence-electron chi connectivity index (χ2n) is 6.45. The first-order valence-corrected chi connectivity index (χ1v) is 8.84. The van der Waals surface area contributed by atoms with E-state index < -0.39 is 0 Å². The van der Waals surface area contributed by atoms with E-state index in [1.807, 2.05) is 24.3 Å². The van der Waals surface area contributed by atoms with E-state index in [1.54, 1.807) is 23.9 Å². The Bertz CT molecular complexity index is 987. The third-order valence-electron chi connectivity index (χ3n) is 4.64. The molecule has 1 aliphatic heterocycles. The van der Waals surface area contributed by atoms with Gasteiger partial charge in [0.25, 0.3) is 5.91 Å². The van der Waals surface area contributed by atoms with Crippen LogP contribution in [-0.4, -0.2) is 28.0 Å². The van der Waals surface area contributed by atoms with Crippen LogP contribution in [0.15, 0.2) is 48.5 Å². The van der Waals surface area contributed by atoms with Crippen molar-refractivity contribution < 1.29 is 18.7 Å². The van der Waals surface area contributed by atoms with Crippen LogP contribution in [-0.2, 0) is 24.4 Å². The molecule has 2 heterocycles. The van der Waals surface area contributed by atoms with Crippen LogP contribution >= 0.6 is 0 Å². The lowest BCUT2D eigenvalue weighted by Gasteiger charge is -2.24. The summed E-state index contributed by atoms with van der Waals surface area (Å²) in [5.74, 6) is 0.0704. The maximum atomic E-state index is 13.2. The summed E-state index contributed by atoms with van der Waals surface area (Å²) in [5, 5.41) is 10.9. The van der Waals surface area contributed by atoms with E-state index in [0.717, 1.165) is 11.3 Å². The topological polar surface area (TPSA) is 78.3 Å². The first-order chi connectivity index (χ1) is 13.6. The Balaban J connectivity index is 1.43. The molecule has 4 rings (SSSR count). The Kier molecular flexibility index (Phi) is 5.03. The van der Waals surface area contributed by atoms with E-state index in [-0.39, 0.29) is 36.7 Å². The minimum atomic E-state index is -0.364. The largest absolute Gasteiger partial charge is 0.497 e. The molecule has 1 amide bonds. The minimum Gasteiger partial charge on any atom is -0.497 e. The van der Waals surface area contributed by atoms with Gasteiger partial charge in [0.2, 0.25) is 0 Å². The quantitative estimate of drug-likeness (QED) is 0.734. The fourth-order valence-corrected chi connectivity index (χ4v) is 3.12. The van der Waals surface area contributed by atoms with Crippen molar-refractivity contribution in [2.75, 3.05) is 7.11 Å². The highest BCUT2D eigenvalue weighted by molar-refractivity contribution is 5.93. The third kappa shape index (κ3) is 3.72. The number of halogens is 1. The molecule has 0 radical (unpaired) electrons. The normalized spacial score (nSPS) is 15.7. The van der Waals surface area contributed by atoms with Crippen molar-refractivity contribution in [3.8, 4) is 5.75 Å². The van der Waals surface area contributed by atoms with Crippen LogP contribution in [0.25, 0.3) is 0 Å². The minimum absolute atomic E-state index is 0.177. The molecule has 7 nitrogen and oxygen atoms in total. The predicted octanol–water partition coefficient (Wildman–Crippen LogP) is 2.63. The van der Waals surface area contributed by atoms with Gasteiger partial charge in [-0.1, -0.05) is 29.5 Å². The summed E-state index contributed by atoms with van der Waals surface area (Å²) >= 11 is 0. The smallest absolute Gasteiger partial charge is 0.274 e. The number of nitrogens with zero attached hydrogens (tertiary/aromatic N) is 3. The fourth-order valence-electron chi connectivity index (χ4n) is 3.12. The highest BCUT2D eigenvalue weighted by atomic mass is 19.1. The van der Waals surface area contributed by atoms with Gasteiger partial charge in [-0.2, -0.15) is 0 Å². The fraction of sp³-hybridized carbons (Fsp3) is 0.250. The summed E-state index contributed by atoms with van der Waals surface area (Å²) in [6.45, 7) is 0.899. The number of aromatic nitrogens is 3. The molecule has 1 aromatic heterocycles. The number of amides is 1. The Morgan fingerprint density at radius 3 is 2.89 bits per heavy atom. The van der Waals surface area contributed by atoms with E-state index in [4.69, 9.17) is 9.47 Å². The van der Waals surface area contributed by atoms with Gasteiger partial charge in [-0.25, -0.2) is 9.07 Å². The molecule has 0 fully saturated rings. The molecule has 0 saturated carbocycles. The number of carbonyl (C=O) groups excluding carboxylic acids is 1. The third-order valence-corrected chi connectivity index (χ3v) is 4.64. The monoisotopic (exact) mass is 382 g/mol. The van der Waals surface area contributed by atoms with Crippen molar-refractivity contribution >= 4 is 5.91 Å². The average Bonchev–Trinajstić information content (AvgIpc) is 3.15. The number of carbonyl (C=O) groups is 1. The van der Waals surface area contributed by atoms with Crippen LogP contribution in [0.1, 0.15) is 33.4 Å². The van der Waals surface area contributed by atoms with Crippen LogP contribution in [0.4, 0.5) is 4.39 Å². The van der Waals surface area contributed by atoms with E-state index >= 15 is 0 Å². The Morgan fingerprint density at radius 1 is 1.32 bits per heavy atom.